The first-order valence-corrected chi connectivity index (χ1v) is 5.88. The van der Waals surface area contributed by atoms with Gasteiger partial charge in [0.1, 0.15) is 0 Å². The van der Waals surface area contributed by atoms with Gasteiger partial charge < -0.3 is 10.4 Å². The third-order valence-electron chi connectivity index (χ3n) is 2.91. The molecule has 4 nitrogen and oxygen atoms in total. The van der Waals surface area contributed by atoms with E-state index in [1.165, 1.54) is 0 Å². The minimum atomic E-state index is -0.588. The van der Waals surface area contributed by atoms with E-state index in [1.807, 2.05) is 50.2 Å². The van der Waals surface area contributed by atoms with Crippen LogP contribution in [0.2, 0.25) is 0 Å². The summed E-state index contributed by atoms with van der Waals surface area (Å²) in [4.78, 5) is 8.46. The lowest BCUT2D eigenvalue weighted by Gasteiger charge is -2.29. The highest BCUT2D eigenvalue weighted by Gasteiger charge is 2.26. The Labute approximate surface area is 107 Å². The fourth-order valence-corrected chi connectivity index (χ4v) is 1.76. The fraction of sp³-hybridized carbons (Fsp3) is 0.286. The van der Waals surface area contributed by atoms with Gasteiger partial charge in [0.2, 0.25) is 5.95 Å². The molecule has 1 heterocycles. The third kappa shape index (κ3) is 2.65. The van der Waals surface area contributed by atoms with Crippen LogP contribution in [0.3, 0.4) is 0 Å². The van der Waals surface area contributed by atoms with Crippen molar-refractivity contribution in [3.05, 3.63) is 53.9 Å². The standard InChI is InChI=1S/C14H17N3O/c1-11-8-9-15-13(16-11)17-14(2,10-18)12-6-4-3-5-7-12/h3-9,18H,10H2,1-2H3,(H,15,16,17). The Kier molecular flexibility index (Phi) is 3.58. The van der Waals surface area contributed by atoms with Crippen LogP contribution in [0.1, 0.15) is 18.2 Å². The van der Waals surface area contributed by atoms with E-state index >= 15 is 0 Å². The van der Waals surface area contributed by atoms with Gasteiger partial charge in [-0.2, -0.15) is 0 Å². The molecule has 2 N–H and O–H groups in total. The normalized spacial score (nSPS) is 13.9. The summed E-state index contributed by atoms with van der Waals surface area (Å²) in [5.74, 6) is 0.524. The number of aryl methyl sites for hydroxylation is 1. The van der Waals surface area contributed by atoms with Gasteiger partial charge in [0, 0.05) is 11.9 Å². The lowest BCUT2D eigenvalue weighted by Crippen LogP contribution is -2.36. The van der Waals surface area contributed by atoms with Gasteiger partial charge in [0.05, 0.1) is 12.1 Å². The minimum Gasteiger partial charge on any atom is -0.394 e. The van der Waals surface area contributed by atoms with E-state index < -0.39 is 5.54 Å². The number of rotatable bonds is 4. The largest absolute Gasteiger partial charge is 0.394 e. The topological polar surface area (TPSA) is 58.0 Å². The van der Waals surface area contributed by atoms with Gasteiger partial charge >= 0.3 is 0 Å². The van der Waals surface area contributed by atoms with Crippen molar-refractivity contribution in [2.75, 3.05) is 11.9 Å². The second kappa shape index (κ2) is 5.14. The molecule has 2 rings (SSSR count). The predicted molar refractivity (Wildman–Crippen MR) is 71.3 cm³/mol. The number of aliphatic hydroxyl groups excluding tert-OH is 1. The lowest BCUT2D eigenvalue weighted by atomic mass is 9.93. The molecule has 1 aromatic heterocycles. The molecule has 18 heavy (non-hydrogen) atoms. The van der Waals surface area contributed by atoms with E-state index in [0.29, 0.717) is 5.95 Å². The number of hydrogen-bond acceptors (Lipinski definition) is 4. The quantitative estimate of drug-likeness (QED) is 0.863. The van der Waals surface area contributed by atoms with Gasteiger partial charge in [-0.05, 0) is 25.5 Å². The molecule has 0 spiro atoms. The second-order valence-corrected chi connectivity index (χ2v) is 4.50. The Morgan fingerprint density at radius 3 is 2.56 bits per heavy atom. The van der Waals surface area contributed by atoms with Crippen molar-refractivity contribution in [2.24, 2.45) is 0 Å². The van der Waals surface area contributed by atoms with Gasteiger partial charge in [-0.25, -0.2) is 9.97 Å². The summed E-state index contributed by atoms with van der Waals surface area (Å²) in [6.45, 7) is 3.80. The summed E-state index contributed by atoms with van der Waals surface area (Å²) < 4.78 is 0. The van der Waals surface area contributed by atoms with E-state index in [0.717, 1.165) is 11.3 Å². The van der Waals surface area contributed by atoms with Crippen LogP contribution in [0, 0.1) is 6.92 Å². The van der Waals surface area contributed by atoms with Crippen LogP contribution in [0.25, 0.3) is 0 Å². The summed E-state index contributed by atoms with van der Waals surface area (Å²) >= 11 is 0. The molecule has 0 aliphatic rings. The minimum absolute atomic E-state index is 0.0334. The highest BCUT2D eigenvalue weighted by atomic mass is 16.3. The molecule has 4 heteroatoms. The van der Waals surface area contributed by atoms with Crippen molar-refractivity contribution < 1.29 is 5.11 Å². The average Bonchev–Trinajstić information content (AvgIpc) is 2.39. The zero-order chi connectivity index (χ0) is 13.0. The fourth-order valence-electron chi connectivity index (χ4n) is 1.76. The smallest absolute Gasteiger partial charge is 0.223 e. The highest BCUT2D eigenvalue weighted by Crippen LogP contribution is 2.23. The molecule has 2 aromatic rings. The van der Waals surface area contributed by atoms with E-state index in [2.05, 4.69) is 15.3 Å². The van der Waals surface area contributed by atoms with Crippen molar-refractivity contribution in [3.63, 3.8) is 0 Å². The molecule has 0 aliphatic carbocycles. The number of nitrogens with one attached hydrogen (secondary N) is 1. The molecule has 0 saturated heterocycles. The van der Waals surface area contributed by atoms with Crippen LogP contribution in [0.15, 0.2) is 42.6 Å². The molecule has 1 atom stereocenters. The molecule has 0 amide bonds. The molecule has 0 radical (unpaired) electrons. The second-order valence-electron chi connectivity index (χ2n) is 4.50. The molecule has 94 valence electrons. The van der Waals surface area contributed by atoms with Crippen LogP contribution in [0.4, 0.5) is 5.95 Å². The van der Waals surface area contributed by atoms with Crippen LogP contribution < -0.4 is 5.32 Å². The van der Waals surface area contributed by atoms with E-state index in [-0.39, 0.29) is 6.61 Å². The Morgan fingerprint density at radius 2 is 1.94 bits per heavy atom. The summed E-state index contributed by atoms with van der Waals surface area (Å²) in [5, 5.41) is 12.8. The van der Waals surface area contributed by atoms with Gasteiger partial charge in [-0.3, -0.25) is 0 Å². The summed E-state index contributed by atoms with van der Waals surface area (Å²) in [6, 6.07) is 11.6. The van der Waals surface area contributed by atoms with Crippen LogP contribution in [0.5, 0.6) is 0 Å². The molecule has 0 fully saturated rings. The van der Waals surface area contributed by atoms with Crippen molar-refractivity contribution in [1.82, 2.24) is 9.97 Å². The van der Waals surface area contributed by atoms with Gasteiger partial charge in [0.15, 0.2) is 0 Å². The molecule has 0 bridgehead atoms. The molecule has 0 aliphatic heterocycles. The van der Waals surface area contributed by atoms with Gasteiger partial charge in [-0.1, -0.05) is 30.3 Å². The molecular formula is C14H17N3O. The number of nitrogens with zero attached hydrogens (tertiary/aromatic N) is 2. The van der Waals surface area contributed by atoms with Gasteiger partial charge in [0.25, 0.3) is 0 Å². The number of aliphatic hydroxyl groups is 1. The summed E-state index contributed by atoms with van der Waals surface area (Å²) in [6.07, 6.45) is 1.70. The Bertz CT molecular complexity index is 515. The van der Waals surface area contributed by atoms with Gasteiger partial charge in [-0.15, -0.1) is 0 Å². The highest BCUT2D eigenvalue weighted by molar-refractivity contribution is 5.36. The Morgan fingerprint density at radius 1 is 1.22 bits per heavy atom. The van der Waals surface area contributed by atoms with Crippen molar-refractivity contribution in [3.8, 4) is 0 Å². The SMILES string of the molecule is Cc1ccnc(NC(C)(CO)c2ccccc2)n1. The Hall–Kier alpha value is -1.94. The number of aromatic nitrogens is 2. The predicted octanol–water partition coefficient (Wildman–Crippen LogP) is 2.10. The maximum absolute atomic E-state index is 9.65. The van der Waals surface area contributed by atoms with Crippen molar-refractivity contribution in [2.45, 2.75) is 19.4 Å². The lowest BCUT2D eigenvalue weighted by molar-refractivity contribution is 0.223. The van der Waals surface area contributed by atoms with E-state index in [1.54, 1.807) is 6.20 Å². The van der Waals surface area contributed by atoms with E-state index in [9.17, 15) is 5.11 Å². The van der Waals surface area contributed by atoms with Crippen LogP contribution >= 0.6 is 0 Å². The van der Waals surface area contributed by atoms with Crippen LogP contribution in [-0.4, -0.2) is 21.7 Å². The molecule has 0 saturated carbocycles. The number of benzene rings is 1. The van der Waals surface area contributed by atoms with Crippen molar-refractivity contribution in [1.29, 1.82) is 0 Å². The first kappa shape index (κ1) is 12.5. The summed E-state index contributed by atoms with van der Waals surface area (Å²) in [7, 11) is 0. The summed E-state index contributed by atoms with van der Waals surface area (Å²) in [5.41, 5.74) is 1.30. The van der Waals surface area contributed by atoms with Crippen LogP contribution in [-0.2, 0) is 5.54 Å². The molecular weight excluding hydrogens is 226 g/mol. The third-order valence-corrected chi connectivity index (χ3v) is 2.91. The molecule has 1 unspecified atom stereocenters. The number of hydrogen-bond donors (Lipinski definition) is 2. The first-order valence-electron chi connectivity index (χ1n) is 5.88. The monoisotopic (exact) mass is 243 g/mol. The molecule has 1 aromatic carbocycles. The van der Waals surface area contributed by atoms with Crippen molar-refractivity contribution >= 4 is 5.95 Å². The zero-order valence-electron chi connectivity index (χ0n) is 10.6. The number of anilines is 1. The average molecular weight is 243 g/mol. The maximum Gasteiger partial charge on any atom is 0.223 e. The van der Waals surface area contributed by atoms with E-state index in [4.69, 9.17) is 0 Å². The first-order chi connectivity index (χ1) is 8.64. The maximum atomic E-state index is 9.65. The zero-order valence-corrected chi connectivity index (χ0v) is 10.6. The Balaban J connectivity index is 2.29.